The molecule has 0 amide bonds. The Morgan fingerprint density at radius 3 is 2.77 bits per heavy atom. The van der Waals surface area contributed by atoms with Gasteiger partial charge in [0.05, 0.1) is 30.9 Å². The molecule has 3 aromatic rings. The highest BCUT2D eigenvalue weighted by Crippen LogP contribution is 2.37. The van der Waals surface area contributed by atoms with Gasteiger partial charge in [-0.05, 0) is 37.5 Å². The van der Waals surface area contributed by atoms with Crippen LogP contribution in [0, 0.1) is 0 Å². The van der Waals surface area contributed by atoms with Gasteiger partial charge in [-0.25, -0.2) is 9.97 Å². The van der Waals surface area contributed by atoms with Crippen molar-refractivity contribution < 1.29 is 4.74 Å². The van der Waals surface area contributed by atoms with Crippen molar-refractivity contribution in [3.05, 3.63) is 55.3 Å². The molecule has 0 saturated carbocycles. The van der Waals surface area contributed by atoms with Crippen LogP contribution in [-0.4, -0.2) is 26.6 Å². The first kappa shape index (κ1) is 16.3. The number of imidazole rings is 1. The third kappa shape index (κ3) is 2.94. The molecule has 1 aliphatic carbocycles. The van der Waals surface area contributed by atoms with E-state index in [1.54, 1.807) is 25.7 Å². The van der Waals surface area contributed by atoms with Crippen LogP contribution < -0.4 is 10.5 Å². The summed E-state index contributed by atoms with van der Waals surface area (Å²) in [5.74, 6) is 0.923. The minimum atomic E-state index is 0.303. The normalized spacial score (nSPS) is 16.6. The van der Waals surface area contributed by atoms with Crippen LogP contribution in [0.25, 0.3) is 22.5 Å². The average Bonchev–Trinajstić information content (AvgIpc) is 3.15. The van der Waals surface area contributed by atoms with E-state index in [-0.39, 0.29) is 0 Å². The number of pyridine rings is 2. The highest BCUT2D eigenvalue weighted by molar-refractivity contribution is 5.79. The molecule has 3 aromatic heterocycles. The zero-order valence-electron chi connectivity index (χ0n) is 14.7. The number of anilines is 1. The zero-order chi connectivity index (χ0) is 17.9. The van der Waals surface area contributed by atoms with Gasteiger partial charge < -0.3 is 15.0 Å². The molecule has 0 saturated heterocycles. The van der Waals surface area contributed by atoms with Crippen LogP contribution in [0.5, 0.6) is 5.75 Å². The SMILES string of the molecule is COc1cc(-c2ncn(C3C=CCCC3)c2-c2ccncc2)cnc1N. The Bertz CT molecular complexity index is 933. The lowest BCUT2D eigenvalue weighted by Gasteiger charge is -2.21. The summed E-state index contributed by atoms with van der Waals surface area (Å²) in [5.41, 5.74) is 9.73. The van der Waals surface area contributed by atoms with E-state index in [4.69, 9.17) is 15.5 Å². The molecule has 4 rings (SSSR count). The molecule has 1 atom stereocenters. The number of aromatic nitrogens is 4. The summed E-state index contributed by atoms with van der Waals surface area (Å²) in [5, 5.41) is 0. The van der Waals surface area contributed by atoms with E-state index >= 15 is 0 Å². The van der Waals surface area contributed by atoms with E-state index in [0.717, 1.165) is 35.4 Å². The molecule has 0 spiro atoms. The lowest BCUT2D eigenvalue weighted by molar-refractivity contribution is 0.415. The van der Waals surface area contributed by atoms with Gasteiger partial charge in [0.25, 0.3) is 0 Å². The van der Waals surface area contributed by atoms with E-state index in [0.29, 0.717) is 17.6 Å². The molecule has 0 radical (unpaired) electrons. The van der Waals surface area contributed by atoms with Gasteiger partial charge in [-0.15, -0.1) is 0 Å². The Morgan fingerprint density at radius 1 is 1.19 bits per heavy atom. The Kier molecular flexibility index (Phi) is 4.39. The van der Waals surface area contributed by atoms with Crippen LogP contribution in [0.1, 0.15) is 25.3 Å². The average molecular weight is 347 g/mol. The van der Waals surface area contributed by atoms with Crippen LogP contribution in [0.3, 0.4) is 0 Å². The number of rotatable bonds is 4. The maximum atomic E-state index is 5.87. The van der Waals surface area contributed by atoms with Gasteiger partial charge >= 0.3 is 0 Å². The van der Waals surface area contributed by atoms with Crippen molar-refractivity contribution in [2.45, 2.75) is 25.3 Å². The number of hydrogen-bond donors (Lipinski definition) is 1. The molecular formula is C20H21N5O. The van der Waals surface area contributed by atoms with Gasteiger partial charge in [0, 0.05) is 29.7 Å². The quantitative estimate of drug-likeness (QED) is 0.725. The number of methoxy groups -OCH3 is 1. The van der Waals surface area contributed by atoms with Crippen molar-refractivity contribution in [1.82, 2.24) is 19.5 Å². The summed E-state index contributed by atoms with van der Waals surface area (Å²) in [6.07, 6.45) is 15.2. The molecule has 132 valence electrons. The number of nitrogens with zero attached hydrogens (tertiary/aromatic N) is 4. The third-order valence-corrected chi connectivity index (χ3v) is 4.71. The molecule has 6 nitrogen and oxygen atoms in total. The fourth-order valence-corrected chi connectivity index (χ4v) is 3.39. The number of nitrogen functional groups attached to an aromatic ring is 1. The summed E-state index contributed by atoms with van der Waals surface area (Å²) in [6.45, 7) is 0. The Balaban J connectivity index is 1.89. The highest BCUT2D eigenvalue weighted by atomic mass is 16.5. The highest BCUT2D eigenvalue weighted by Gasteiger charge is 2.21. The van der Waals surface area contributed by atoms with Crippen molar-refractivity contribution in [2.24, 2.45) is 0 Å². The first-order chi connectivity index (χ1) is 12.8. The van der Waals surface area contributed by atoms with Crippen LogP contribution >= 0.6 is 0 Å². The number of allylic oxidation sites excluding steroid dienone is 2. The van der Waals surface area contributed by atoms with Gasteiger partial charge in [0.1, 0.15) is 0 Å². The van der Waals surface area contributed by atoms with E-state index < -0.39 is 0 Å². The fourth-order valence-electron chi connectivity index (χ4n) is 3.39. The van der Waals surface area contributed by atoms with Gasteiger partial charge in [-0.3, -0.25) is 4.98 Å². The first-order valence-corrected chi connectivity index (χ1v) is 8.71. The minimum Gasteiger partial charge on any atom is -0.493 e. The monoisotopic (exact) mass is 347 g/mol. The Hall–Kier alpha value is -3.15. The van der Waals surface area contributed by atoms with Crippen LogP contribution in [-0.2, 0) is 0 Å². The topological polar surface area (TPSA) is 78.8 Å². The Labute approximate surface area is 152 Å². The Morgan fingerprint density at radius 2 is 2.04 bits per heavy atom. The molecule has 0 aliphatic heterocycles. The minimum absolute atomic E-state index is 0.303. The predicted molar refractivity (Wildman–Crippen MR) is 102 cm³/mol. The second kappa shape index (κ2) is 7.00. The molecular weight excluding hydrogens is 326 g/mol. The first-order valence-electron chi connectivity index (χ1n) is 8.71. The molecule has 3 heterocycles. The third-order valence-electron chi connectivity index (χ3n) is 4.71. The standard InChI is InChI=1S/C20H21N5O/c1-26-17-11-15(12-23-20(17)21)18-19(14-7-9-22-10-8-14)25(13-24-18)16-5-3-2-4-6-16/h3,5,7-13,16H,2,4,6H2,1H3,(H2,21,23). The van der Waals surface area contributed by atoms with Gasteiger partial charge in [-0.1, -0.05) is 12.2 Å². The van der Waals surface area contributed by atoms with Crippen LogP contribution in [0.4, 0.5) is 5.82 Å². The molecule has 0 bridgehead atoms. The lowest BCUT2D eigenvalue weighted by Crippen LogP contribution is -2.09. The molecule has 6 heteroatoms. The smallest absolute Gasteiger partial charge is 0.166 e. The maximum absolute atomic E-state index is 5.87. The maximum Gasteiger partial charge on any atom is 0.166 e. The van der Waals surface area contributed by atoms with Crippen molar-refractivity contribution in [3.63, 3.8) is 0 Å². The lowest BCUT2D eigenvalue weighted by atomic mass is 10.0. The molecule has 0 aromatic carbocycles. The zero-order valence-corrected chi connectivity index (χ0v) is 14.7. The molecule has 0 fully saturated rings. The summed E-state index contributed by atoms with van der Waals surface area (Å²) in [4.78, 5) is 13.1. The van der Waals surface area contributed by atoms with E-state index in [2.05, 4.69) is 26.7 Å². The largest absolute Gasteiger partial charge is 0.493 e. The molecule has 1 aliphatic rings. The van der Waals surface area contributed by atoms with E-state index in [9.17, 15) is 0 Å². The van der Waals surface area contributed by atoms with Gasteiger partial charge in [0.15, 0.2) is 11.6 Å². The second-order valence-electron chi connectivity index (χ2n) is 6.32. The summed E-state index contributed by atoms with van der Waals surface area (Å²) in [6, 6.07) is 6.20. The number of ether oxygens (including phenoxy) is 1. The van der Waals surface area contributed by atoms with Crippen molar-refractivity contribution in [3.8, 4) is 28.3 Å². The molecule has 26 heavy (non-hydrogen) atoms. The van der Waals surface area contributed by atoms with Crippen LogP contribution in [0.15, 0.2) is 55.3 Å². The van der Waals surface area contributed by atoms with E-state index in [1.807, 2.05) is 24.5 Å². The van der Waals surface area contributed by atoms with Crippen molar-refractivity contribution in [1.29, 1.82) is 0 Å². The summed E-state index contributed by atoms with van der Waals surface area (Å²) < 4.78 is 7.57. The van der Waals surface area contributed by atoms with Crippen LogP contribution in [0.2, 0.25) is 0 Å². The fraction of sp³-hybridized carbons (Fsp3) is 0.250. The summed E-state index contributed by atoms with van der Waals surface area (Å²) in [7, 11) is 1.59. The predicted octanol–water partition coefficient (Wildman–Crippen LogP) is 3.88. The summed E-state index contributed by atoms with van der Waals surface area (Å²) >= 11 is 0. The van der Waals surface area contributed by atoms with Crippen molar-refractivity contribution in [2.75, 3.05) is 12.8 Å². The molecule has 2 N–H and O–H groups in total. The van der Waals surface area contributed by atoms with Crippen molar-refractivity contribution >= 4 is 5.82 Å². The van der Waals surface area contributed by atoms with Gasteiger partial charge in [-0.2, -0.15) is 0 Å². The number of nitrogens with two attached hydrogens (primary N) is 1. The second-order valence-corrected chi connectivity index (χ2v) is 6.32. The van der Waals surface area contributed by atoms with E-state index in [1.165, 1.54) is 6.42 Å². The molecule has 1 unspecified atom stereocenters. The number of hydrogen-bond acceptors (Lipinski definition) is 5. The van der Waals surface area contributed by atoms with Gasteiger partial charge in [0.2, 0.25) is 0 Å².